The number of hydroxylamine groups is 2. The first-order valence-corrected chi connectivity index (χ1v) is 8.71. The number of pyridine rings is 1. The molecule has 1 amide bonds. The Morgan fingerprint density at radius 2 is 1.83 bits per heavy atom. The molecule has 0 atom stereocenters. The van der Waals surface area contributed by atoms with Gasteiger partial charge in [-0.15, -0.1) is 0 Å². The number of alkyl halides is 3. The highest BCUT2D eigenvalue weighted by Crippen LogP contribution is 2.37. The fourth-order valence-corrected chi connectivity index (χ4v) is 2.68. The maximum Gasteiger partial charge on any atom is 0.417 e. The third-order valence-corrected chi connectivity index (χ3v) is 3.96. The van der Waals surface area contributed by atoms with Crippen molar-refractivity contribution < 1.29 is 32.0 Å². The Balaban J connectivity index is 1.97. The predicted octanol–water partition coefficient (Wildman–Crippen LogP) is 4.18. The number of amides is 1. The number of oxazole rings is 1. The SMILES string of the molecule is CC(=O)ON(Cc1ccccn1)C(=O)c1nc(-c2ccccc2C(F)(F)F)oc1C. The summed E-state index contributed by atoms with van der Waals surface area (Å²) < 4.78 is 45.3. The monoisotopic (exact) mass is 419 g/mol. The number of hydrogen-bond donors (Lipinski definition) is 0. The molecule has 0 fully saturated rings. The number of carbonyl (C=O) groups is 2. The molecule has 0 aliphatic heterocycles. The molecule has 10 heteroatoms. The van der Waals surface area contributed by atoms with Gasteiger partial charge in [0.25, 0.3) is 0 Å². The van der Waals surface area contributed by atoms with E-state index in [0.717, 1.165) is 18.1 Å². The largest absolute Gasteiger partial charge is 0.441 e. The molecule has 0 saturated heterocycles. The van der Waals surface area contributed by atoms with Gasteiger partial charge in [-0.3, -0.25) is 14.6 Å². The summed E-state index contributed by atoms with van der Waals surface area (Å²) >= 11 is 0. The van der Waals surface area contributed by atoms with E-state index in [1.54, 1.807) is 18.2 Å². The molecule has 2 heterocycles. The van der Waals surface area contributed by atoms with Crippen LogP contribution in [0.1, 0.15) is 34.4 Å². The summed E-state index contributed by atoms with van der Waals surface area (Å²) in [6.45, 7) is 2.31. The van der Waals surface area contributed by atoms with Gasteiger partial charge in [0.1, 0.15) is 12.3 Å². The number of benzene rings is 1. The maximum absolute atomic E-state index is 13.3. The molecule has 0 N–H and O–H groups in total. The first-order valence-electron chi connectivity index (χ1n) is 8.71. The van der Waals surface area contributed by atoms with Crippen LogP contribution in [-0.2, 0) is 22.4 Å². The zero-order valence-electron chi connectivity index (χ0n) is 15.9. The quantitative estimate of drug-likeness (QED) is 0.590. The van der Waals surface area contributed by atoms with Crippen molar-refractivity contribution in [1.82, 2.24) is 15.0 Å². The van der Waals surface area contributed by atoms with E-state index in [2.05, 4.69) is 9.97 Å². The third-order valence-electron chi connectivity index (χ3n) is 3.96. The average Bonchev–Trinajstić information content (AvgIpc) is 3.08. The zero-order valence-corrected chi connectivity index (χ0v) is 15.9. The van der Waals surface area contributed by atoms with Crippen LogP contribution in [0.4, 0.5) is 13.2 Å². The number of rotatable bonds is 4. The number of carbonyl (C=O) groups excluding carboxylic acids is 2. The molecule has 1 aromatic carbocycles. The van der Waals surface area contributed by atoms with Gasteiger partial charge in [-0.05, 0) is 31.2 Å². The minimum Gasteiger partial charge on any atom is -0.441 e. The molecule has 0 radical (unpaired) electrons. The molecule has 0 spiro atoms. The smallest absolute Gasteiger partial charge is 0.417 e. The number of nitrogens with zero attached hydrogens (tertiary/aromatic N) is 3. The molecule has 0 saturated carbocycles. The van der Waals surface area contributed by atoms with E-state index in [9.17, 15) is 22.8 Å². The molecule has 3 aromatic rings. The van der Waals surface area contributed by atoms with E-state index < -0.39 is 23.6 Å². The van der Waals surface area contributed by atoms with E-state index in [-0.39, 0.29) is 29.5 Å². The Labute approximate surface area is 169 Å². The molecule has 30 heavy (non-hydrogen) atoms. The van der Waals surface area contributed by atoms with Crippen LogP contribution in [-0.4, -0.2) is 26.9 Å². The van der Waals surface area contributed by atoms with E-state index in [1.165, 1.54) is 31.3 Å². The normalized spacial score (nSPS) is 11.2. The lowest BCUT2D eigenvalue weighted by Crippen LogP contribution is -2.33. The highest BCUT2D eigenvalue weighted by molar-refractivity contribution is 5.93. The first-order chi connectivity index (χ1) is 14.2. The topological polar surface area (TPSA) is 85.5 Å². The summed E-state index contributed by atoms with van der Waals surface area (Å²) in [7, 11) is 0. The van der Waals surface area contributed by atoms with Crippen LogP contribution in [0.3, 0.4) is 0 Å². The predicted molar refractivity (Wildman–Crippen MR) is 97.6 cm³/mol. The summed E-state index contributed by atoms with van der Waals surface area (Å²) in [6.07, 6.45) is -3.13. The van der Waals surface area contributed by atoms with Crippen molar-refractivity contribution in [2.75, 3.05) is 0 Å². The van der Waals surface area contributed by atoms with Crippen LogP contribution >= 0.6 is 0 Å². The van der Waals surface area contributed by atoms with Crippen LogP contribution in [0, 0.1) is 6.92 Å². The van der Waals surface area contributed by atoms with Crippen LogP contribution < -0.4 is 0 Å². The summed E-state index contributed by atoms with van der Waals surface area (Å²) in [4.78, 5) is 37.3. The van der Waals surface area contributed by atoms with Crippen LogP contribution in [0.25, 0.3) is 11.5 Å². The van der Waals surface area contributed by atoms with Gasteiger partial charge in [-0.1, -0.05) is 18.2 Å². The van der Waals surface area contributed by atoms with Gasteiger partial charge in [0.15, 0.2) is 5.69 Å². The second kappa shape index (κ2) is 8.36. The summed E-state index contributed by atoms with van der Waals surface area (Å²) in [6, 6.07) is 9.70. The Kier molecular flexibility index (Phi) is 5.86. The van der Waals surface area contributed by atoms with Crippen LogP contribution in [0.15, 0.2) is 53.1 Å². The fraction of sp³-hybridized carbons (Fsp3) is 0.200. The van der Waals surface area contributed by atoms with Gasteiger partial charge >= 0.3 is 18.1 Å². The molecular formula is C20H16F3N3O4. The van der Waals surface area contributed by atoms with Crippen molar-refractivity contribution in [1.29, 1.82) is 0 Å². The Morgan fingerprint density at radius 1 is 1.13 bits per heavy atom. The Hall–Kier alpha value is -3.69. The van der Waals surface area contributed by atoms with Crippen molar-refractivity contribution in [2.45, 2.75) is 26.6 Å². The minimum atomic E-state index is -4.63. The second-order valence-electron chi connectivity index (χ2n) is 6.21. The summed E-state index contributed by atoms with van der Waals surface area (Å²) in [5, 5.41) is 0.731. The maximum atomic E-state index is 13.3. The molecule has 0 bridgehead atoms. The van der Waals surface area contributed by atoms with Crippen molar-refractivity contribution >= 4 is 11.9 Å². The summed E-state index contributed by atoms with van der Waals surface area (Å²) in [5.41, 5.74) is -1.11. The van der Waals surface area contributed by atoms with Gasteiger partial charge in [0, 0.05) is 18.7 Å². The lowest BCUT2D eigenvalue weighted by molar-refractivity contribution is -0.177. The highest BCUT2D eigenvalue weighted by Gasteiger charge is 2.35. The van der Waals surface area contributed by atoms with E-state index >= 15 is 0 Å². The number of aromatic nitrogens is 2. The second-order valence-corrected chi connectivity index (χ2v) is 6.21. The average molecular weight is 419 g/mol. The standard InChI is InChI=1S/C20H16F3N3O4/c1-12-17(19(28)26(30-13(2)27)11-14-7-5-6-10-24-14)25-18(29-12)15-8-3-4-9-16(15)20(21,22)23/h3-10H,11H2,1-2H3. The number of halogens is 3. The molecule has 2 aromatic heterocycles. The Morgan fingerprint density at radius 3 is 2.47 bits per heavy atom. The van der Waals surface area contributed by atoms with Gasteiger partial charge in [0.05, 0.1) is 11.3 Å². The first kappa shape index (κ1) is 21.0. The van der Waals surface area contributed by atoms with Crippen LogP contribution in [0.2, 0.25) is 0 Å². The zero-order chi connectivity index (χ0) is 21.9. The highest BCUT2D eigenvalue weighted by atomic mass is 19.4. The lowest BCUT2D eigenvalue weighted by atomic mass is 10.1. The fourth-order valence-electron chi connectivity index (χ4n) is 2.68. The van der Waals surface area contributed by atoms with Gasteiger partial charge < -0.3 is 9.25 Å². The minimum absolute atomic E-state index is 0.0230. The molecule has 3 rings (SSSR count). The molecule has 156 valence electrons. The van der Waals surface area contributed by atoms with Crippen LogP contribution in [0.5, 0.6) is 0 Å². The number of hydrogen-bond acceptors (Lipinski definition) is 6. The third kappa shape index (κ3) is 4.65. The van der Waals surface area contributed by atoms with E-state index in [4.69, 9.17) is 9.25 Å². The number of aryl methyl sites for hydroxylation is 1. The summed E-state index contributed by atoms with van der Waals surface area (Å²) in [5.74, 6) is -2.01. The molecule has 0 aliphatic carbocycles. The van der Waals surface area contributed by atoms with Crippen molar-refractivity contribution in [2.24, 2.45) is 0 Å². The molecular weight excluding hydrogens is 403 g/mol. The van der Waals surface area contributed by atoms with Crippen molar-refractivity contribution in [3.63, 3.8) is 0 Å². The van der Waals surface area contributed by atoms with E-state index in [0.29, 0.717) is 5.69 Å². The van der Waals surface area contributed by atoms with E-state index in [1.807, 2.05) is 0 Å². The van der Waals surface area contributed by atoms with Gasteiger partial charge in [-0.2, -0.15) is 18.2 Å². The molecule has 7 nitrogen and oxygen atoms in total. The van der Waals surface area contributed by atoms with Crippen molar-refractivity contribution in [3.8, 4) is 11.5 Å². The molecule has 0 unspecified atom stereocenters. The lowest BCUT2D eigenvalue weighted by Gasteiger charge is -2.19. The van der Waals surface area contributed by atoms with Crippen molar-refractivity contribution in [3.05, 3.63) is 71.4 Å². The van der Waals surface area contributed by atoms with Gasteiger partial charge in [-0.25, -0.2) is 4.98 Å². The molecule has 0 aliphatic rings. The Bertz CT molecular complexity index is 1060. The van der Waals surface area contributed by atoms with Gasteiger partial charge in [0.2, 0.25) is 5.89 Å².